The SMILES string of the molecule is C=C/C(=C\C=C/N)C1(CNC(=O)c2cn(-c3ncccn3)c3nccc(C)c23)CCCCC1. The molecule has 7 nitrogen and oxygen atoms in total. The van der Waals surface area contributed by atoms with Crippen LogP contribution < -0.4 is 11.1 Å². The Bertz CT molecular complexity index is 1200. The normalized spacial score (nSPS) is 16.2. The van der Waals surface area contributed by atoms with Crippen molar-refractivity contribution in [3.05, 3.63) is 84.6 Å². The highest BCUT2D eigenvalue weighted by Crippen LogP contribution is 2.42. The van der Waals surface area contributed by atoms with E-state index in [1.165, 1.54) is 12.6 Å². The molecule has 3 heterocycles. The molecule has 1 amide bonds. The summed E-state index contributed by atoms with van der Waals surface area (Å²) in [6, 6.07) is 3.67. The summed E-state index contributed by atoms with van der Waals surface area (Å²) in [6.07, 6.45) is 19.6. The topological polar surface area (TPSA) is 98.7 Å². The number of carbonyl (C=O) groups is 1. The van der Waals surface area contributed by atoms with E-state index in [1.807, 2.05) is 31.2 Å². The third kappa shape index (κ3) is 4.44. The summed E-state index contributed by atoms with van der Waals surface area (Å²) >= 11 is 0. The minimum atomic E-state index is -0.149. The lowest BCUT2D eigenvalue weighted by atomic mass is 9.68. The first-order valence-electron chi connectivity index (χ1n) is 11.3. The standard InChI is InChI=1S/C26H30N6O/c1-3-20(9-7-13-27)26(11-5-4-6-12-26)18-31-24(33)21-17-32(25-29-14-8-15-30-25)23-22(21)19(2)10-16-28-23/h3,7-10,13-17H,1,4-6,11-12,18,27H2,2H3,(H,31,33)/b13-7-,20-9+. The fourth-order valence-electron chi connectivity index (χ4n) is 4.82. The van der Waals surface area contributed by atoms with Crippen molar-refractivity contribution in [3.8, 4) is 5.95 Å². The maximum absolute atomic E-state index is 13.5. The minimum absolute atomic E-state index is 0.131. The van der Waals surface area contributed by atoms with Crippen molar-refractivity contribution >= 4 is 16.9 Å². The summed E-state index contributed by atoms with van der Waals surface area (Å²) < 4.78 is 1.77. The smallest absolute Gasteiger partial charge is 0.253 e. The summed E-state index contributed by atoms with van der Waals surface area (Å²) in [5.74, 6) is 0.349. The average Bonchev–Trinajstić information content (AvgIpc) is 3.25. The Hall–Kier alpha value is -3.74. The van der Waals surface area contributed by atoms with Gasteiger partial charge < -0.3 is 11.1 Å². The van der Waals surface area contributed by atoms with Crippen LogP contribution in [0.1, 0.15) is 48.0 Å². The Morgan fingerprint density at radius 2 is 1.97 bits per heavy atom. The van der Waals surface area contributed by atoms with Gasteiger partial charge in [-0.25, -0.2) is 15.0 Å². The largest absolute Gasteiger partial charge is 0.405 e. The second kappa shape index (κ2) is 9.81. The zero-order chi connectivity index (χ0) is 23.3. The van der Waals surface area contributed by atoms with Gasteiger partial charge in [0.05, 0.1) is 5.56 Å². The highest BCUT2D eigenvalue weighted by Gasteiger charge is 2.35. The van der Waals surface area contributed by atoms with E-state index in [1.54, 1.807) is 35.4 Å². The van der Waals surface area contributed by atoms with Gasteiger partial charge >= 0.3 is 0 Å². The number of aryl methyl sites for hydroxylation is 1. The van der Waals surface area contributed by atoms with Crippen LogP contribution in [0.2, 0.25) is 0 Å². The van der Waals surface area contributed by atoms with Crippen LogP contribution in [0.3, 0.4) is 0 Å². The van der Waals surface area contributed by atoms with Gasteiger partial charge in [-0.1, -0.05) is 38.0 Å². The highest BCUT2D eigenvalue weighted by atomic mass is 16.1. The fraction of sp³-hybridized carbons (Fsp3) is 0.308. The van der Waals surface area contributed by atoms with Gasteiger partial charge in [-0.3, -0.25) is 9.36 Å². The number of rotatable bonds is 7. The van der Waals surface area contributed by atoms with E-state index < -0.39 is 0 Å². The molecule has 1 aliphatic rings. The molecule has 4 rings (SSSR count). The zero-order valence-electron chi connectivity index (χ0n) is 19.0. The van der Waals surface area contributed by atoms with Gasteiger partial charge in [0.2, 0.25) is 5.95 Å². The van der Waals surface area contributed by atoms with Gasteiger partial charge in [0.1, 0.15) is 5.65 Å². The van der Waals surface area contributed by atoms with Crippen molar-refractivity contribution in [2.75, 3.05) is 6.54 Å². The minimum Gasteiger partial charge on any atom is -0.405 e. The average molecular weight is 443 g/mol. The van der Waals surface area contributed by atoms with Crippen LogP contribution in [0.5, 0.6) is 0 Å². The molecule has 3 aromatic heterocycles. The maximum Gasteiger partial charge on any atom is 0.253 e. The van der Waals surface area contributed by atoms with Crippen LogP contribution in [-0.4, -0.2) is 32.0 Å². The fourth-order valence-corrected chi connectivity index (χ4v) is 4.82. The molecule has 0 unspecified atom stereocenters. The van der Waals surface area contributed by atoms with Gasteiger partial charge in [0, 0.05) is 42.1 Å². The third-order valence-electron chi connectivity index (χ3n) is 6.52. The molecule has 170 valence electrons. The Labute approximate surface area is 194 Å². The second-order valence-corrected chi connectivity index (χ2v) is 8.52. The van der Waals surface area contributed by atoms with E-state index in [9.17, 15) is 4.79 Å². The number of nitrogens with zero attached hydrogens (tertiary/aromatic N) is 4. The van der Waals surface area contributed by atoms with Gasteiger partial charge in [-0.05, 0) is 55.3 Å². The number of nitrogens with two attached hydrogens (primary N) is 1. The quantitative estimate of drug-likeness (QED) is 0.529. The maximum atomic E-state index is 13.5. The zero-order valence-corrected chi connectivity index (χ0v) is 19.0. The molecule has 0 bridgehead atoms. The molecule has 3 aromatic rings. The number of nitrogens with one attached hydrogen (secondary N) is 1. The number of carbonyl (C=O) groups excluding carboxylic acids is 1. The molecule has 3 N–H and O–H groups in total. The molecule has 0 aromatic carbocycles. The molecule has 7 heteroatoms. The first-order chi connectivity index (χ1) is 16.1. The number of aromatic nitrogens is 4. The number of amides is 1. The number of hydrogen-bond acceptors (Lipinski definition) is 5. The summed E-state index contributed by atoms with van der Waals surface area (Å²) in [5, 5.41) is 4.03. The highest BCUT2D eigenvalue weighted by molar-refractivity contribution is 6.07. The van der Waals surface area contributed by atoms with Crippen LogP contribution in [0.15, 0.2) is 73.5 Å². The van der Waals surface area contributed by atoms with Crippen molar-refractivity contribution in [2.24, 2.45) is 11.1 Å². The van der Waals surface area contributed by atoms with Gasteiger partial charge in [0.15, 0.2) is 0 Å². The Balaban J connectivity index is 1.68. The van der Waals surface area contributed by atoms with Crippen molar-refractivity contribution in [2.45, 2.75) is 39.0 Å². The van der Waals surface area contributed by atoms with Crippen molar-refractivity contribution in [3.63, 3.8) is 0 Å². The van der Waals surface area contributed by atoms with Gasteiger partial charge in [0.25, 0.3) is 5.91 Å². The lowest BCUT2D eigenvalue weighted by Crippen LogP contribution is -2.40. The van der Waals surface area contributed by atoms with Crippen LogP contribution in [0, 0.1) is 12.3 Å². The lowest BCUT2D eigenvalue weighted by Gasteiger charge is -2.38. The second-order valence-electron chi connectivity index (χ2n) is 8.52. The van der Waals surface area contributed by atoms with E-state index in [0.29, 0.717) is 23.7 Å². The van der Waals surface area contributed by atoms with E-state index in [2.05, 4.69) is 26.8 Å². The Morgan fingerprint density at radius 3 is 2.67 bits per heavy atom. The first-order valence-corrected chi connectivity index (χ1v) is 11.3. The Kier molecular flexibility index (Phi) is 6.68. The molecular weight excluding hydrogens is 412 g/mol. The van der Waals surface area contributed by atoms with Crippen LogP contribution in [0.25, 0.3) is 17.0 Å². The first kappa shape index (κ1) is 22.5. The molecule has 0 atom stereocenters. The molecule has 0 aliphatic heterocycles. The monoisotopic (exact) mass is 442 g/mol. The molecule has 0 saturated heterocycles. The van der Waals surface area contributed by atoms with Crippen LogP contribution >= 0.6 is 0 Å². The van der Waals surface area contributed by atoms with Gasteiger partial charge in [-0.15, -0.1) is 0 Å². The van der Waals surface area contributed by atoms with E-state index in [4.69, 9.17) is 5.73 Å². The molecular formula is C26H30N6O. The van der Waals surface area contributed by atoms with Crippen LogP contribution in [0.4, 0.5) is 0 Å². The molecule has 33 heavy (non-hydrogen) atoms. The molecule has 0 radical (unpaired) electrons. The third-order valence-corrected chi connectivity index (χ3v) is 6.52. The number of fused-ring (bicyclic) bond motifs is 1. The molecule has 1 aliphatic carbocycles. The van der Waals surface area contributed by atoms with Crippen molar-refractivity contribution in [1.82, 2.24) is 24.8 Å². The summed E-state index contributed by atoms with van der Waals surface area (Å²) in [7, 11) is 0. The van der Waals surface area contributed by atoms with Gasteiger partial charge in [-0.2, -0.15) is 0 Å². The lowest BCUT2D eigenvalue weighted by molar-refractivity contribution is 0.0929. The van der Waals surface area contributed by atoms with E-state index >= 15 is 0 Å². The number of pyridine rings is 1. The van der Waals surface area contributed by atoms with E-state index in [-0.39, 0.29) is 11.3 Å². The number of allylic oxidation sites excluding steroid dienone is 3. The molecule has 1 saturated carbocycles. The predicted molar refractivity (Wildman–Crippen MR) is 131 cm³/mol. The summed E-state index contributed by atoms with van der Waals surface area (Å²) in [5.41, 5.74) is 8.75. The van der Waals surface area contributed by atoms with Crippen molar-refractivity contribution in [1.29, 1.82) is 0 Å². The predicted octanol–water partition coefficient (Wildman–Crippen LogP) is 4.39. The number of hydrogen-bond donors (Lipinski definition) is 2. The summed E-state index contributed by atoms with van der Waals surface area (Å²) in [4.78, 5) is 26.7. The molecule has 0 spiro atoms. The Morgan fingerprint density at radius 1 is 1.21 bits per heavy atom. The van der Waals surface area contributed by atoms with Crippen LogP contribution in [-0.2, 0) is 0 Å². The van der Waals surface area contributed by atoms with Crippen molar-refractivity contribution < 1.29 is 4.79 Å². The van der Waals surface area contributed by atoms with E-state index in [0.717, 1.165) is 42.2 Å². The molecule has 1 fully saturated rings. The summed E-state index contributed by atoms with van der Waals surface area (Å²) in [6.45, 7) is 6.55.